The van der Waals surface area contributed by atoms with Crippen molar-refractivity contribution in [3.8, 4) is 11.8 Å². The maximum Gasteiger partial charge on any atom is 0.161 e. The van der Waals surface area contributed by atoms with Crippen molar-refractivity contribution in [1.82, 2.24) is 4.98 Å². The highest BCUT2D eigenvalue weighted by atomic mass is 35.5. The summed E-state index contributed by atoms with van der Waals surface area (Å²) >= 11 is 18.0. The molecule has 2 nitrogen and oxygen atoms in total. The van der Waals surface area contributed by atoms with Crippen molar-refractivity contribution in [3.05, 3.63) is 66.0 Å². The lowest BCUT2D eigenvalue weighted by Gasteiger charge is -2.33. The number of aliphatic hydroxyl groups is 1. The Bertz CT molecular complexity index is 652. The van der Waals surface area contributed by atoms with Crippen molar-refractivity contribution < 1.29 is 5.11 Å². The highest BCUT2D eigenvalue weighted by Crippen LogP contribution is 2.42. The second kappa shape index (κ2) is 7.85. The standard InChI is InChI=1S/C17H14Cl3NO/c18-10-5-9-17(22,14-8-4-11-21-12-14)15(16(19)20)13-6-2-1-3-7-13/h1-4,6-8,11-12,15-16,22H,10H2. The molecule has 0 radical (unpaired) electrons. The van der Waals surface area contributed by atoms with Gasteiger partial charge in [0.1, 0.15) is 4.84 Å². The highest BCUT2D eigenvalue weighted by molar-refractivity contribution is 6.44. The van der Waals surface area contributed by atoms with Crippen molar-refractivity contribution in [2.75, 3.05) is 5.88 Å². The first-order valence-electron chi connectivity index (χ1n) is 6.61. The maximum absolute atomic E-state index is 11.3. The van der Waals surface area contributed by atoms with Crippen LogP contribution in [0.5, 0.6) is 0 Å². The fraction of sp³-hybridized carbons (Fsp3) is 0.235. The fourth-order valence-corrected chi connectivity index (χ4v) is 3.04. The largest absolute Gasteiger partial charge is 0.373 e. The molecule has 0 fully saturated rings. The minimum atomic E-state index is -1.58. The van der Waals surface area contributed by atoms with E-state index in [4.69, 9.17) is 34.8 Å². The number of alkyl halides is 3. The third-order valence-electron chi connectivity index (χ3n) is 3.31. The topological polar surface area (TPSA) is 33.1 Å². The minimum absolute atomic E-state index is 0.0965. The number of aromatic nitrogens is 1. The lowest BCUT2D eigenvalue weighted by molar-refractivity contribution is 0.0721. The fourth-order valence-electron chi connectivity index (χ4n) is 2.32. The normalized spacial score (nSPS) is 14.8. The third kappa shape index (κ3) is 3.74. The molecule has 1 heterocycles. The van der Waals surface area contributed by atoms with E-state index in [2.05, 4.69) is 16.8 Å². The summed E-state index contributed by atoms with van der Waals surface area (Å²) < 4.78 is 0. The van der Waals surface area contributed by atoms with Crippen molar-refractivity contribution in [2.24, 2.45) is 0 Å². The molecule has 0 aliphatic rings. The molecule has 0 amide bonds. The zero-order valence-corrected chi connectivity index (χ0v) is 13.9. The van der Waals surface area contributed by atoms with E-state index in [-0.39, 0.29) is 5.88 Å². The van der Waals surface area contributed by atoms with Crippen LogP contribution in [-0.4, -0.2) is 20.8 Å². The number of hydrogen-bond acceptors (Lipinski definition) is 2. The Kier molecular flexibility index (Phi) is 6.11. The van der Waals surface area contributed by atoms with E-state index in [1.54, 1.807) is 24.5 Å². The summed E-state index contributed by atoms with van der Waals surface area (Å²) in [6.45, 7) is 0. The molecule has 114 valence electrons. The summed E-state index contributed by atoms with van der Waals surface area (Å²) in [5.74, 6) is 4.97. The molecule has 22 heavy (non-hydrogen) atoms. The minimum Gasteiger partial charge on any atom is -0.373 e. The molecule has 1 aromatic heterocycles. The van der Waals surface area contributed by atoms with Crippen LogP contribution < -0.4 is 0 Å². The van der Waals surface area contributed by atoms with Crippen LogP contribution in [0, 0.1) is 11.8 Å². The Morgan fingerprint density at radius 1 is 1.14 bits per heavy atom. The molecular formula is C17H14Cl3NO. The van der Waals surface area contributed by atoms with E-state index < -0.39 is 16.4 Å². The molecule has 1 N–H and O–H groups in total. The quantitative estimate of drug-likeness (QED) is 0.662. The average molecular weight is 355 g/mol. The van der Waals surface area contributed by atoms with E-state index in [1.165, 1.54) is 0 Å². The van der Waals surface area contributed by atoms with Crippen LogP contribution in [0.4, 0.5) is 0 Å². The van der Waals surface area contributed by atoms with Gasteiger partial charge in [-0.25, -0.2) is 0 Å². The molecule has 0 aliphatic carbocycles. The van der Waals surface area contributed by atoms with Crippen LogP contribution >= 0.6 is 34.8 Å². The second-order valence-corrected chi connectivity index (χ2v) is 6.10. The smallest absolute Gasteiger partial charge is 0.161 e. The molecule has 5 heteroatoms. The van der Waals surface area contributed by atoms with Gasteiger partial charge in [-0.1, -0.05) is 48.2 Å². The maximum atomic E-state index is 11.3. The molecule has 2 atom stereocenters. The number of pyridine rings is 1. The van der Waals surface area contributed by atoms with E-state index in [0.717, 1.165) is 5.56 Å². The Hall–Kier alpha value is -1.24. The van der Waals surface area contributed by atoms with Crippen LogP contribution in [0.2, 0.25) is 0 Å². The monoisotopic (exact) mass is 353 g/mol. The molecule has 0 saturated carbocycles. The molecule has 0 spiro atoms. The van der Waals surface area contributed by atoms with Crippen LogP contribution in [0.1, 0.15) is 17.0 Å². The molecule has 2 unspecified atom stereocenters. The van der Waals surface area contributed by atoms with Gasteiger partial charge < -0.3 is 5.11 Å². The van der Waals surface area contributed by atoms with Gasteiger partial charge in [-0.15, -0.1) is 34.8 Å². The molecule has 2 aromatic rings. The molecule has 2 rings (SSSR count). The number of benzene rings is 1. The summed E-state index contributed by atoms with van der Waals surface area (Å²) in [6, 6.07) is 12.8. The Morgan fingerprint density at radius 3 is 2.41 bits per heavy atom. The number of halogens is 3. The summed E-state index contributed by atoms with van der Waals surface area (Å²) in [6.07, 6.45) is 3.17. The first-order valence-corrected chi connectivity index (χ1v) is 8.02. The van der Waals surface area contributed by atoms with Gasteiger partial charge in [0.15, 0.2) is 5.60 Å². The lowest BCUT2D eigenvalue weighted by Crippen LogP contribution is -2.36. The van der Waals surface area contributed by atoms with Gasteiger partial charge in [0, 0.05) is 18.0 Å². The molecule has 1 aromatic carbocycles. The Morgan fingerprint density at radius 2 is 1.86 bits per heavy atom. The third-order valence-corrected chi connectivity index (χ3v) is 3.95. The molecule has 0 saturated heterocycles. The van der Waals surface area contributed by atoms with Gasteiger partial charge in [0.05, 0.1) is 11.8 Å². The zero-order chi connectivity index (χ0) is 16.0. The number of hydrogen-bond donors (Lipinski definition) is 1. The SMILES string of the molecule is OC(C#CCCl)(c1cccnc1)C(c1ccccc1)C(Cl)Cl. The van der Waals surface area contributed by atoms with Crippen LogP contribution in [0.15, 0.2) is 54.9 Å². The predicted octanol–water partition coefficient (Wildman–Crippen LogP) is 4.10. The van der Waals surface area contributed by atoms with Crippen molar-refractivity contribution in [3.63, 3.8) is 0 Å². The van der Waals surface area contributed by atoms with Crippen LogP contribution in [-0.2, 0) is 5.60 Å². The summed E-state index contributed by atoms with van der Waals surface area (Å²) in [7, 11) is 0. The Balaban J connectivity index is 2.60. The van der Waals surface area contributed by atoms with Gasteiger partial charge in [-0.05, 0) is 11.6 Å². The van der Waals surface area contributed by atoms with E-state index in [9.17, 15) is 5.11 Å². The summed E-state index contributed by atoms with van der Waals surface area (Å²) in [5, 5.41) is 11.3. The number of rotatable bonds is 4. The lowest BCUT2D eigenvalue weighted by atomic mass is 9.79. The first kappa shape index (κ1) is 17.1. The second-order valence-electron chi connectivity index (χ2n) is 4.67. The van der Waals surface area contributed by atoms with Crippen LogP contribution in [0.3, 0.4) is 0 Å². The Labute approximate surface area is 145 Å². The van der Waals surface area contributed by atoms with Gasteiger partial charge in [-0.3, -0.25) is 4.98 Å². The van der Waals surface area contributed by atoms with Crippen molar-refractivity contribution in [1.29, 1.82) is 0 Å². The van der Waals surface area contributed by atoms with Gasteiger partial charge in [0.2, 0.25) is 0 Å². The first-order chi connectivity index (χ1) is 10.6. The molecule has 0 bridgehead atoms. The predicted molar refractivity (Wildman–Crippen MR) is 91.3 cm³/mol. The average Bonchev–Trinajstić information content (AvgIpc) is 2.54. The van der Waals surface area contributed by atoms with E-state index in [1.807, 2.05) is 30.3 Å². The van der Waals surface area contributed by atoms with E-state index >= 15 is 0 Å². The summed E-state index contributed by atoms with van der Waals surface area (Å²) in [4.78, 5) is 3.18. The molecular weight excluding hydrogens is 341 g/mol. The summed E-state index contributed by atoms with van der Waals surface area (Å²) in [5.41, 5.74) is -0.279. The highest BCUT2D eigenvalue weighted by Gasteiger charge is 2.42. The number of nitrogens with zero attached hydrogens (tertiary/aromatic N) is 1. The van der Waals surface area contributed by atoms with Gasteiger partial charge in [0.25, 0.3) is 0 Å². The van der Waals surface area contributed by atoms with Crippen LogP contribution in [0.25, 0.3) is 0 Å². The van der Waals surface area contributed by atoms with Gasteiger partial charge >= 0.3 is 0 Å². The molecule has 0 aliphatic heterocycles. The van der Waals surface area contributed by atoms with Gasteiger partial charge in [-0.2, -0.15) is 0 Å². The van der Waals surface area contributed by atoms with Crippen molar-refractivity contribution in [2.45, 2.75) is 16.4 Å². The zero-order valence-electron chi connectivity index (χ0n) is 11.6. The van der Waals surface area contributed by atoms with Crippen molar-refractivity contribution >= 4 is 34.8 Å². The van der Waals surface area contributed by atoms with E-state index in [0.29, 0.717) is 5.56 Å².